The minimum absolute atomic E-state index is 0.0487. The van der Waals surface area contributed by atoms with Crippen molar-refractivity contribution < 1.29 is 8.42 Å². The van der Waals surface area contributed by atoms with Crippen molar-refractivity contribution in [2.45, 2.75) is 29.7 Å². The van der Waals surface area contributed by atoms with E-state index in [1.54, 1.807) is 0 Å². The lowest BCUT2D eigenvalue weighted by molar-refractivity contribution is 0.0657. The predicted octanol–water partition coefficient (Wildman–Crippen LogP) is 1.50. The maximum Gasteiger partial charge on any atom is 0.242 e. The molecule has 0 aromatic carbocycles. The minimum Gasteiger partial charge on any atom is -0.302 e. The van der Waals surface area contributed by atoms with Crippen molar-refractivity contribution in [1.82, 2.24) is 14.6 Å². The molecule has 1 aromatic heterocycles. The molecule has 0 spiro atoms. The van der Waals surface area contributed by atoms with E-state index in [0.717, 1.165) is 19.3 Å². The molecule has 7 heteroatoms. The highest BCUT2D eigenvalue weighted by Crippen LogP contribution is 2.35. The smallest absolute Gasteiger partial charge is 0.242 e. The molecule has 0 atom stereocenters. The fourth-order valence-corrected chi connectivity index (χ4v) is 3.38. The largest absolute Gasteiger partial charge is 0.302 e. The van der Waals surface area contributed by atoms with Gasteiger partial charge in [-0.25, -0.2) is 18.1 Å². The van der Waals surface area contributed by atoms with Gasteiger partial charge in [-0.05, 0) is 45.5 Å². The highest BCUT2D eigenvalue weighted by atomic mass is 35.5. The Bertz CT molecular complexity index is 539. The highest BCUT2D eigenvalue weighted by Gasteiger charge is 2.39. The second-order valence-corrected chi connectivity index (χ2v) is 7.27. The molecule has 1 heterocycles. The summed E-state index contributed by atoms with van der Waals surface area (Å²) in [6.45, 7) is 0.422. The Kier molecular flexibility index (Phi) is 4.15. The van der Waals surface area contributed by atoms with Crippen LogP contribution in [0.4, 0.5) is 0 Å². The summed E-state index contributed by atoms with van der Waals surface area (Å²) in [4.78, 5) is 6.03. The van der Waals surface area contributed by atoms with Crippen LogP contribution in [-0.4, -0.2) is 44.5 Å². The van der Waals surface area contributed by atoms with E-state index in [2.05, 4.69) is 14.6 Å². The van der Waals surface area contributed by atoms with Crippen molar-refractivity contribution >= 4 is 21.6 Å². The van der Waals surface area contributed by atoms with Gasteiger partial charge in [0.25, 0.3) is 0 Å². The van der Waals surface area contributed by atoms with Crippen LogP contribution in [0.5, 0.6) is 0 Å². The molecule has 0 bridgehead atoms. The van der Waals surface area contributed by atoms with Crippen LogP contribution in [0.3, 0.4) is 0 Å². The molecule has 0 unspecified atom stereocenters. The van der Waals surface area contributed by atoms with Crippen LogP contribution in [-0.2, 0) is 10.0 Å². The SMILES string of the molecule is CN(C)C1(CNS(=O)(=O)c2ccc(Cl)nc2)CCC1. The number of nitrogens with zero attached hydrogens (tertiary/aromatic N) is 2. The topological polar surface area (TPSA) is 62.3 Å². The van der Waals surface area contributed by atoms with Crippen LogP contribution >= 0.6 is 11.6 Å². The minimum atomic E-state index is -3.52. The summed E-state index contributed by atoms with van der Waals surface area (Å²) < 4.78 is 26.9. The van der Waals surface area contributed by atoms with Gasteiger partial charge in [0.1, 0.15) is 10.0 Å². The zero-order chi connectivity index (χ0) is 14.1. The van der Waals surface area contributed by atoms with Gasteiger partial charge >= 0.3 is 0 Å². The van der Waals surface area contributed by atoms with Gasteiger partial charge in [-0.3, -0.25) is 0 Å². The maximum absolute atomic E-state index is 12.1. The van der Waals surface area contributed by atoms with Crippen molar-refractivity contribution in [1.29, 1.82) is 0 Å². The summed E-state index contributed by atoms with van der Waals surface area (Å²) in [5.74, 6) is 0. The second kappa shape index (κ2) is 5.36. The lowest BCUT2D eigenvalue weighted by atomic mass is 9.76. The van der Waals surface area contributed by atoms with Crippen molar-refractivity contribution in [3.05, 3.63) is 23.5 Å². The molecule has 1 aliphatic rings. The standard InChI is InChI=1S/C12H18ClN3O2S/c1-16(2)12(6-3-7-12)9-15-19(17,18)10-4-5-11(13)14-8-10/h4-5,8,15H,3,6-7,9H2,1-2H3. The summed E-state index contributed by atoms with van der Waals surface area (Å²) in [6, 6.07) is 2.93. The number of rotatable bonds is 5. The number of likely N-dealkylation sites (N-methyl/N-ethyl adjacent to an activating group) is 1. The molecule has 1 aromatic rings. The fraction of sp³-hybridized carbons (Fsp3) is 0.583. The maximum atomic E-state index is 12.1. The lowest BCUT2D eigenvalue weighted by Gasteiger charge is -2.47. The fourth-order valence-electron chi connectivity index (χ4n) is 2.20. The third-order valence-corrected chi connectivity index (χ3v) is 5.44. The van der Waals surface area contributed by atoms with Crippen LogP contribution in [0.2, 0.25) is 5.15 Å². The van der Waals surface area contributed by atoms with Crippen molar-refractivity contribution in [2.24, 2.45) is 0 Å². The first-order chi connectivity index (χ1) is 8.86. The average Bonchev–Trinajstić information content (AvgIpc) is 2.27. The van der Waals surface area contributed by atoms with Crippen LogP contribution < -0.4 is 4.72 Å². The molecule has 0 radical (unpaired) electrons. The van der Waals surface area contributed by atoms with Crippen molar-refractivity contribution in [3.8, 4) is 0 Å². The van der Waals surface area contributed by atoms with E-state index in [9.17, 15) is 8.42 Å². The summed E-state index contributed by atoms with van der Waals surface area (Å²) in [5, 5.41) is 0.280. The highest BCUT2D eigenvalue weighted by molar-refractivity contribution is 7.89. The van der Waals surface area contributed by atoms with Gasteiger partial charge in [0.05, 0.1) is 0 Å². The van der Waals surface area contributed by atoms with Gasteiger partial charge in [0.2, 0.25) is 10.0 Å². The quantitative estimate of drug-likeness (QED) is 0.837. The van der Waals surface area contributed by atoms with E-state index in [0.29, 0.717) is 6.54 Å². The Labute approximate surface area is 119 Å². The molecule has 1 fully saturated rings. The molecule has 5 nitrogen and oxygen atoms in total. The third-order valence-electron chi connectivity index (χ3n) is 3.83. The molecular formula is C12H18ClN3O2S. The number of nitrogens with one attached hydrogen (secondary N) is 1. The summed E-state index contributed by atoms with van der Waals surface area (Å²) in [6.07, 6.45) is 4.44. The Morgan fingerprint density at radius 1 is 1.42 bits per heavy atom. The van der Waals surface area contributed by atoms with E-state index >= 15 is 0 Å². The lowest BCUT2D eigenvalue weighted by Crippen LogP contribution is -2.57. The number of aromatic nitrogens is 1. The molecule has 19 heavy (non-hydrogen) atoms. The zero-order valence-electron chi connectivity index (χ0n) is 11.1. The number of hydrogen-bond donors (Lipinski definition) is 1. The normalized spacial score (nSPS) is 18.3. The number of halogens is 1. The van der Waals surface area contributed by atoms with Gasteiger partial charge in [0.15, 0.2) is 0 Å². The number of hydrogen-bond acceptors (Lipinski definition) is 4. The molecule has 1 saturated carbocycles. The van der Waals surface area contributed by atoms with Crippen molar-refractivity contribution in [3.63, 3.8) is 0 Å². The number of pyridine rings is 1. The molecule has 106 valence electrons. The molecule has 0 amide bonds. The van der Waals surface area contributed by atoms with E-state index in [4.69, 9.17) is 11.6 Å². The average molecular weight is 304 g/mol. The monoisotopic (exact) mass is 303 g/mol. The predicted molar refractivity (Wildman–Crippen MR) is 74.7 cm³/mol. The second-order valence-electron chi connectivity index (χ2n) is 5.11. The Hall–Kier alpha value is -0.690. The molecule has 1 aliphatic carbocycles. The van der Waals surface area contributed by atoms with Crippen LogP contribution in [0, 0.1) is 0 Å². The molecule has 0 saturated heterocycles. The van der Waals surface area contributed by atoms with Gasteiger partial charge in [-0.1, -0.05) is 11.6 Å². The van der Waals surface area contributed by atoms with E-state index < -0.39 is 10.0 Å². The first-order valence-corrected chi connectivity index (χ1v) is 8.01. The van der Waals surface area contributed by atoms with E-state index in [-0.39, 0.29) is 15.6 Å². The Morgan fingerprint density at radius 3 is 2.53 bits per heavy atom. The zero-order valence-corrected chi connectivity index (χ0v) is 12.6. The molecular weight excluding hydrogens is 286 g/mol. The summed E-state index contributed by atoms with van der Waals surface area (Å²) >= 11 is 5.65. The number of sulfonamides is 1. The van der Waals surface area contributed by atoms with Gasteiger partial charge < -0.3 is 4.90 Å². The van der Waals surface area contributed by atoms with E-state index in [1.165, 1.54) is 18.3 Å². The van der Waals surface area contributed by atoms with Gasteiger partial charge in [0, 0.05) is 18.3 Å². The Morgan fingerprint density at radius 2 is 2.11 bits per heavy atom. The van der Waals surface area contributed by atoms with Crippen LogP contribution in [0.1, 0.15) is 19.3 Å². The Balaban J connectivity index is 2.08. The van der Waals surface area contributed by atoms with Crippen molar-refractivity contribution in [2.75, 3.05) is 20.6 Å². The molecule has 2 rings (SSSR count). The van der Waals surface area contributed by atoms with Gasteiger partial charge in [-0.2, -0.15) is 0 Å². The van der Waals surface area contributed by atoms with Crippen LogP contribution in [0.25, 0.3) is 0 Å². The molecule has 1 N–H and O–H groups in total. The summed E-state index contributed by atoms with van der Waals surface area (Å²) in [5.41, 5.74) is -0.0487. The van der Waals surface area contributed by atoms with E-state index in [1.807, 2.05) is 14.1 Å². The summed E-state index contributed by atoms with van der Waals surface area (Å²) in [7, 11) is 0.449. The van der Waals surface area contributed by atoms with Crippen LogP contribution in [0.15, 0.2) is 23.2 Å². The third kappa shape index (κ3) is 3.08. The first kappa shape index (κ1) is 14.7. The first-order valence-electron chi connectivity index (χ1n) is 6.14. The molecule has 0 aliphatic heterocycles. The van der Waals surface area contributed by atoms with Gasteiger partial charge in [-0.15, -0.1) is 0 Å².